The summed E-state index contributed by atoms with van der Waals surface area (Å²) >= 11 is 1.53. The first-order valence-corrected chi connectivity index (χ1v) is 9.18. The maximum atomic E-state index is 12.6. The van der Waals surface area contributed by atoms with Gasteiger partial charge in [0.15, 0.2) is 10.6 Å². The van der Waals surface area contributed by atoms with E-state index >= 15 is 0 Å². The van der Waals surface area contributed by atoms with Crippen LogP contribution in [0.5, 0.6) is 0 Å². The van der Waals surface area contributed by atoms with Crippen LogP contribution in [-0.2, 0) is 19.4 Å². The van der Waals surface area contributed by atoms with Crippen LogP contribution in [0.25, 0.3) is 0 Å². The molecule has 1 fully saturated rings. The number of benzene rings is 1. The number of anilines is 1. The van der Waals surface area contributed by atoms with E-state index in [1.807, 2.05) is 16.7 Å². The summed E-state index contributed by atoms with van der Waals surface area (Å²) in [5, 5.41) is 8.10. The van der Waals surface area contributed by atoms with Crippen LogP contribution in [0.3, 0.4) is 0 Å². The van der Waals surface area contributed by atoms with Crippen molar-refractivity contribution < 1.29 is 4.79 Å². The second-order valence-corrected chi connectivity index (χ2v) is 7.46. The number of fused-ring (bicyclic) bond motifs is 1. The Hall–Kier alpha value is -1.88. The molecule has 1 saturated heterocycles. The number of ketones is 1. The third kappa shape index (κ3) is 2.74. The topological polar surface area (TPSA) is 49.1 Å². The predicted octanol–water partition coefficient (Wildman–Crippen LogP) is 3.00. The number of hydrogen-bond acceptors (Lipinski definition) is 4. The zero-order chi connectivity index (χ0) is 15.8. The van der Waals surface area contributed by atoms with E-state index in [4.69, 9.17) is 5.41 Å². The number of aromatic nitrogens is 1. The highest BCUT2D eigenvalue weighted by atomic mass is 32.1. The van der Waals surface area contributed by atoms with Crippen molar-refractivity contribution in [2.24, 2.45) is 0 Å². The summed E-state index contributed by atoms with van der Waals surface area (Å²) < 4.78 is 1.91. The third-order valence-electron chi connectivity index (χ3n) is 4.89. The Morgan fingerprint density at radius 2 is 1.83 bits per heavy atom. The molecule has 0 spiro atoms. The van der Waals surface area contributed by atoms with Crippen molar-refractivity contribution in [3.05, 3.63) is 45.2 Å². The maximum absolute atomic E-state index is 12.6. The molecule has 2 aliphatic rings. The highest BCUT2D eigenvalue weighted by molar-refractivity contribution is 7.09. The second-order valence-electron chi connectivity index (χ2n) is 6.38. The fraction of sp³-hybridized carbons (Fsp3) is 0.444. The Labute approximate surface area is 139 Å². The van der Waals surface area contributed by atoms with Gasteiger partial charge in [-0.1, -0.05) is 0 Å². The molecule has 4 nitrogen and oxygen atoms in total. The van der Waals surface area contributed by atoms with Crippen LogP contribution < -0.4 is 9.70 Å². The summed E-state index contributed by atoms with van der Waals surface area (Å²) in [5.74, 6) is 0.101. The highest BCUT2D eigenvalue weighted by Crippen LogP contribution is 2.25. The molecule has 23 heavy (non-hydrogen) atoms. The van der Waals surface area contributed by atoms with Crippen molar-refractivity contribution >= 4 is 22.8 Å². The molecule has 4 rings (SSSR count). The molecule has 1 N–H and O–H groups in total. The summed E-state index contributed by atoms with van der Waals surface area (Å²) in [5.41, 5.74) is 3.17. The lowest BCUT2D eigenvalue weighted by Crippen LogP contribution is -2.22. The van der Waals surface area contributed by atoms with Crippen molar-refractivity contribution in [1.82, 2.24) is 4.57 Å². The molecule has 0 atom stereocenters. The van der Waals surface area contributed by atoms with E-state index in [2.05, 4.69) is 17.0 Å². The number of aryl methyl sites for hydroxylation is 1. The Morgan fingerprint density at radius 3 is 2.57 bits per heavy atom. The zero-order valence-corrected chi connectivity index (χ0v) is 14.0. The van der Waals surface area contributed by atoms with Crippen molar-refractivity contribution in [3.63, 3.8) is 0 Å². The quantitative estimate of drug-likeness (QED) is 0.878. The Kier molecular flexibility index (Phi) is 3.81. The minimum Gasteiger partial charge on any atom is -0.372 e. The first kappa shape index (κ1) is 14.7. The van der Waals surface area contributed by atoms with Gasteiger partial charge in [0.2, 0.25) is 0 Å². The normalized spacial score (nSPS) is 16.8. The van der Waals surface area contributed by atoms with Crippen LogP contribution in [0.4, 0.5) is 5.69 Å². The van der Waals surface area contributed by atoms with E-state index < -0.39 is 0 Å². The van der Waals surface area contributed by atoms with Gasteiger partial charge in [-0.3, -0.25) is 10.2 Å². The SMILES string of the molecule is N=c1sc2c(n1CC(=O)c1ccc(N3CCCC3)cc1)CCC2. The number of Topliss-reactive ketones (excluding diaryl/α,β-unsaturated/α-hetero) is 1. The summed E-state index contributed by atoms with van der Waals surface area (Å²) in [6, 6.07) is 7.99. The molecule has 1 aromatic heterocycles. The molecule has 5 heteroatoms. The Morgan fingerprint density at radius 1 is 1.09 bits per heavy atom. The van der Waals surface area contributed by atoms with Crippen LogP contribution in [-0.4, -0.2) is 23.4 Å². The molecule has 2 heterocycles. The van der Waals surface area contributed by atoms with E-state index in [9.17, 15) is 4.79 Å². The molecule has 0 amide bonds. The monoisotopic (exact) mass is 327 g/mol. The molecule has 0 saturated carbocycles. The fourth-order valence-electron chi connectivity index (χ4n) is 3.63. The lowest BCUT2D eigenvalue weighted by molar-refractivity contribution is 0.0970. The van der Waals surface area contributed by atoms with Crippen molar-refractivity contribution in [2.45, 2.75) is 38.6 Å². The molecular weight excluding hydrogens is 306 g/mol. The van der Waals surface area contributed by atoms with Gasteiger partial charge in [0.1, 0.15) is 0 Å². The van der Waals surface area contributed by atoms with E-state index in [0.717, 1.165) is 37.9 Å². The summed E-state index contributed by atoms with van der Waals surface area (Å²) in [6.07, 6.45) is 5.74. The molecule has 1 aromatic carbocycles. The largest absolute Gasteiger partial charge is 0.372 e. The first-order chi connectivity index (χ1) is 11.2. The predicted molar refractivity (Wildman–Crippen MR) is 92.4 cm³/mol. The Balaban J connectivity index is 1.52. The lowest BCUT2D eigenvalue weighted by atomic mass is 10.1. The smallest absolute Gasteiger partial charge is 0.182 e. The number of carbonyl (C=O) groups excluding carboxylic acids is 1. The average Bonchev–Trinajstić information content (AvgIpc) is 3.28. The van der Waals surface area contributed by atoms with Gasteiger partial charge in [-0.2, -0.15) is 0 Å². The van der Waals surface area contributed by atoms with Gasteiger partial charge < -0.3 is 9.47 Å². The maximum Gasteiger partial charge on any atom is 0.182 e. The summed E-state index contributed by atoms with van der Waals surface area (Å²) in [6.45, 7) is 2.53. The third-order valence-corrected chi connectivity index (χ3v) is 5.99. The fourth-order valence-corrected chi connectivity index (χ4v) is 4.72. The number of carbonyl (C=O) groups is 1. The van der Waals surface area contributed by atoms with Crippen molar-refractivity contribution in [1.29, 1.82) is 5.41 Å². The van der Waals surface area contributed by atoms with E-state index in [1.165, 1.54) is 40.4 Å². The van der Waals surface area contributed by atoms with E-state index in [-0.39, 0.29) is 5.78 Å². The van der Waals surface area contributed by atoms with Gasteiger partial charge >= 0.3 is 0 Å². The van der Waals surface area contributed by atoms with Crippen molar-refractivity contribution in [2.75, 3.05) is 18.0 Å². The molecular formula is C18H21N3OS. The van der Waals surface area contributed by atoms with Gasteiger partial charge in [-0.25, -0.2) is 0 Å². The molecule has 0 radical (unpaired) electrons. The van der Waals surface area contributed by atoms with Gasteiger partial charge in [-0.05, 0) is 56.4 Å². The van der Waals surface area contributed by atoms with Crippen molar-refractivity contribution in [3.8, 4) is 0 Å². The van der Waals surface area contributed by atoms with Gasteiger partial charge in [0.25, 0.3) is 0 Å². The average molecular weight is 327 g/mol. The number of nitrogens with one attached hydrogen (secondary N) is 1. The molecule has 1 aliphatic heterocycles. The standard InChI is InChI=1S/C18H21N3OS/c19-18-21(15-4-3-5-17(15)23-18)12-16(22)13-6-8-14(9-7-13)20-10-1-2-11-20/h6-9,19H,1-5,10-12H2. The Bertz CT molecular complexity index is 782. The summed E-state index contributed by atoms with van der Waals surface area (Å²) in [4.78, 5) is 16.8. The lowest BCUT2D eigenvalue weighted by Gasteiger charge is -2.17. The number of hydrogen-bond donors (Lipinski definition) is 1. The molecule has 120 valence electrons. The van der Waals surface area contributed by atoms with E-state index in [1.54, 1.807) is 0 Å². The minimum absolute atomic E-state index is 0.101. The van der Waals surface area contributed by atoms with E-state index in [0.29, 0.717) is 11.3 Å². The van der Waals surface area contributed by atoms with Crippen LogP contribution in [0, 0.1) is 5.41 Å². The highest BCUT2D eigenvalue weighted by Gasteiger charge is 2.20. The van der Waals surface area contributed by atoms with Crippen LogP contribution in [0.2, 0.25) is 0 Å². The molecule has 2 aromatic rings. The van der Waals surface area contributed by atoms with Crippen LogP contribution in [0.15, 0.2) is 24.3 Å². The van der Waals surface area contributed by atoms with Crippen LogP contribution >= 0.6 is 11.3 Å². The zero-order valence-electron chi connectivity index (χ0n) is 13.2. The number of rotatable bonds is 4. The molecule has 0 unspecified atom stereocenters. The summed E-state index contributed by atoms with van der Waals surface area (Å²) in [7, 11) is 0. The number of nitrogens with zero attached hydrogens (tertiary/aromatic N) is 2. The number of thiazole rings is 1. The van der Waals surface area contributed by atoms with Crippen LogP contribution in [0.1, 0.15) is 40.2 Å². The second kappa shape index (κ2) is 5.96. The molecule has 1 aliphatic carbocycles. The van der Waals surface area contributed by atoms with Gasteiger partial charge in [0.05, 0.1) is 6.54 Å². The van der Waals surface area contributed by atoms with Gasteiger partial charge in [-0.15, -0.1) is 11.3 Å². The van der Waals surface area contributed by atoms with Gasteiger partial charge in [0, 0.05) is 34.9 Å². The molecule has 0 bridgehead atoms. The minimum atomic E-state index is 0.101. The first-order valence-electron chi connectivity index (χ1n) is 8.36.